The van der Waals surface area contributed by atoms with Crippen molar-refractivity contribution in [2.24, 2.45) is 28.6 Å². The van der Waals surface area contributed by atoms with Gasteiger partial charge in [0.15, 0.2) is 8.32 Å². The Morgan fingerprint density at radius 2 is 1.77 bits per heavy atom. The van der Waals surface area contributed by atoms with Crippen LogP contribution in [0.3, 0.4) is 0 Å². The summed E-state index contributed by atoms with van der Waals surface area (Å²) in [5.41, 5.74) is 3.60. The molecule has 4 aliphatic rings. The minimum atomic E-state index is -1.72. The maximum atomic E-state index is 10.8. The molecule has 1 N–H and O–H groups in total. The predicted octanol–water partition coefficient (Wildman–Crippen LogP) is 7.26. The second-order valence-electron chi connectivity index (χ2n) is 13.0. The molecule has 2 nitrogen and oxygen atoms in total. The highest BCUT2D eigenvalue weighted by molar-refractivity contribution is 6.74. The molecular formula is C27H46O2Si. The molecule has 0 amide bonds. The molecule has 0 aliphatic heterocycles. The van der Waals surface area contributed by atoms with Crippen LogP contribution in [0.5, 0.6) is 0 Å². The summed E-state index contributed by atoms with van der Waals surface area (Å²) < 4.78 is 6.86. The maximum absolute atomic E-state index is 10.8. The molecule has 7 atom stereocenters. The Hall–Kier alpha value is -0.383. The first kappa shape index (κ1) is 22.8. The van der Waals surface area contributed by atoms with E-state index in [1.807, 2.05) is 0 Å². The van der Waals surface area contributed by atoms with Crippen molar-refractivity contribution in [1.82, 2.24) is 0 Å². The number of allylic oxidation sites excluding steroid dienone is 2. The minimum absolute atomic E-state index is 0.212. The van der Waals surface area contributed by atoms with Gasteiger partial charge in [0.25, 0.3) is 0 Å². The van der Waals surface area contributed by atoms with Crippen molar-refractivity contribution in [3.63, 3.8) is 0 Å². The summed E-state index contributed by atoms with van der Waals surface area (Å²) in [6.45, 7) is 19.0. The maximum Gasteiger partial charge on any atom is 0.192 e. The smallest absolute Gasteiger partial charge is 0.192 e. The van der Waals surface area contributed by atoms with Gasteiger partial charge in [0, 0.05) is 6.10 Å². The summed E-state index contributed by atoms with van der Waals surface area (Å²) in [4.78, 5) is 0. The Morgan fingerprint density at radius 1 is 1.10 bits per heavy atom. The zero-order valence-electron chi connectivity index (χ0n) is 20.8. The monoisotopic (exact) mass is 430 g/mol. The van der Waals surface area contributed by atoms with E-state index >= 15 is 0 Å². The van der Waals surface area contributed by atoms with Crippen molar-refractivity contribution in [1.29, 1.82) is 0 Å². The Kier molecular flexibility index (Phi) is 5.56. The summed E-state index contributed by atoms with van der Waals surface area (Å²) in [5.74, 6) is 2.17. The molecule has 170 valence electrons. The molecule has 0 aromatic rings. The Morgan fingerprint density at radius 3 is 2.40 bits per heavy atom. The Balaban J connectivity index is 1.55. The van der Waals surface area contributed by atoms with Crippen LogP contribution in [0.1, 0.15) is 86.5 Å². The van der Waals surface area contributed by atoms with E-state index in [2.05, 4.69) is 66.8 Å². The highest BCUT2D eigenvalue weighted by atomic mass is 28.4. The lowest BCUT2D eigenvalue weighted by Gasteiger charge is -2.58. The molecule has 0 aromatic carbocycles. The van der Waals surface area contributed by atoms with Crippen molar-refractivity contribution in [2.45, 2.75) is 117 Å². The van der Waals surface area contributed by atoms with Crippen LogP contribution in [0.4, 0.5) is 0 Å². The molecule has 3 heteroatoms. The molecular weight excluding hydrogens is 384 g/mol. The average molecular weight is 431 g/mol. The fourth-order valence-electron chi connectivity index (χ4n) is 7.71. The Bertz CT molecular complexity index is 744. The molecule has 4 rings (SSSR count). The molecule has 4 aliphatic carbocycles. The molecule has 3 fully saturated rings. The van der Waals surface area contributed by atoms with Gasteiger partial charge in [-0.05, 0) is 104 Å². The van der Waals surface area contributed by atoms with Gasteiger partial charge >= 0.3 is 0 Å². The lowest BCUT2D eigenvalue weighted by atomic mass is 9.48. The number of fused-ring (bicyclic) bond motifs is 5. The van der Waals surface area contributed by atoms with Crippen LogP contribution < -0.4 is 0 Å². The average Bonchev–Trinajstić information content (AvgIpc) is 2.90. The van der Waals surface area contributed by atoms with Crippen LogP contribution in [0, 0.1) is 28.6 Å². The fourth-order valence-corrected chi connectivity index (χ4v) is 9.09. The van der Waals surface area contributed by atoms with Crippen LogP contribution in [0.2, 0.25) is 18.1 Å². The number of hydrogen-bond acceptors (Lipinski definition) is 2. The van der Waals surface area contributed by atoms with E-state index in [-0.39, 0.29) is 16.6 Å². The molecule has 3 saturated carbocycles. The topological polar surface area (TPSA) is 29.5 Å². The number of aliphatic hydroxyl groups excluding tert-OH is 1. The number of rotatable bonds is 2. The predicted molar refractivity (Wildman–Crippen MR) is 129 cm³/mol. The van der Waals surface area contributed by atoms with E-state index in [9.17, 15) is 5.11 Å². The van der Waals surface area contributed by atoms with E-state index in [4.69, 9.17) is 4.43 Å². The molecule has 0 radical (unpaired) electrons. The van der Waals surface area contributed by atoms with E-state index in [1.54, 1.807) is 5.57 Å². The van der Waals surface area contributed by atoms with E-state index in [0.29, 0.717) is 17.4 Å². The number of aliphatic hydroxyl groups is 1. The van der Waals surface area contributed by atoms with Gasteiger partial charge in [-0.15, -0.1) is 0 Å². The third-order valence-electron chi connectivity index (χ3n) is 10.5. The first-order valence-corrected chi connectivity index (χ1v) is 15.5. The van der Waals surface area contributed by atoms with Gasteiger partial charge in [0.1, 0.15) is 0 Å². The SMILES string of the molecule is C/C=C1/C(O)CC2C3CC=C4C[C@@H](O[Si](C)(C)C(C)(C)C)CC[C@]4(C)C3CC[C@]12C. The van der Waals surface area contributed by atoms with Gasteiger partial charge in [-0.3, -0.25) is 0 Å². The Labute approximate surface area is 186 Å². The van der Waals surface area contributed by atoms with Crippen LogP contribution >= 0.6 is 0 Å². The molecule has 0 spiro atoms. The molecule has 30 heavy (non-hydrogen) atoms. The van der Waals surface area contributed by atoms with Gasteiger partial charge in [-0.25, -0.2) is 0 Å². The van der Waals surface area contributed by atoms with Crippen molar-refractivity contribution in [2.75, 3.05) is 0 Å². The van der Waals surface area contributed by atoms with Crippen LogP contribution in [-0.2, 0) is 4.43 Å². The van der Waals surface area contributed by atoms with Crippen molar-refractivity contribution in [3.8, 4) is 0 Å². The first-order valence-electron chi connectivity index (χ1n) is 12.6. The van der Waals surface area contributed by atoms with Crippen LogP contribution in [-0.4, -0.2) is 25.6 Å². The fraction of sp³-hybridized carbons (Fsp3) is 0.852. The van der Waals surface area contributed by atoms with Crippen molar-refractivity contribution >= 4 is 8.32 Å². The second-order valence-corrected chi connectivity index (χ2v) is 17.7. The molecule has 4 unspecified atom stereocenters. The summed E-state index contributed by atoms with van der Waals surface area (Å²) in [6.07, 6.45) is 13.5. The van der Waals surface area contributed by atoms with E-state index in [1.165, 1.54) is 37.7 Å². The number of hydrogen-bond donors (Lipinski definition) is 1. The van der Waals surface area contributed by atoms with E-state index in [0.717, 1.165) is 24.7 Å². The lowest BCUT2D eigenvalue weighted by Crippen LogP contribution is -2.51. The van der Waals surface area contributed by atoms with Gasteiger partial charge in [-0.1, -0.05) is 52.3 Å². The largest absolute Gasteiger partial charge is 0.414 e. The molecule has 0 aromatic heterocycles. The zero-order valence-corrected chi connectivity index (χ0v) is 21.8. The molecule has 0 saturated heterocycles. The third-order valence-corrected chi connectivity index (χ3v) is 15.1. The van der Waals surface area contributed by atoms with Gasteiger partial charge < -0.3 is 9.53 Å². The highest BCUT2D eigenvalue weighted by Crippen LogP contribution is 2.66. The second kappa shape index (κ2) is 7.32. The van der Waals surface area contributed by atoms with Crippen molar-refractivity contribution in [3.05, 3.63) is 23.3 Å². The summed E-state index contributed by atoms with van der Waals surface area (Å²) >= 11 is 0. The molecule has 0 heterocycles. The highest BCUT2D eigenvalue weighted by Gasteiger charge is 2.59. The summed E-state index contributed by atoms with van der Waals surface area (Å²) in [5, 5.41) is 11.1. The van der Waals surface area contributed by atoms with Crippen LogP contribution in [0.25, 0.3) is 0 Å². The zero-order chi connectivity index (χ0) is 22.1. The minimum Gasteiger partial charge on any atom is -0.414 e. The summed E-state index contributed by atoms with van der Waals surface area (Å²) in [7, 11) is -1.72. The van der Waals surface area contributed by atoms with Crippen molar-refractivity contribution < 1.29 is 9.53 Å². The molecule has 0 bridgehead atoms. The van der Waals surface area contributed by atoms with Gasteiger partial charge in [0.05, 0.1) is 6.10 Å². The van der Waals surface area contributed by atoms with E-state index < -0.39 is 8.32 Å². The first-order chi connectivity index (χ1) is 13.8. The standard InChI is InChI=1S/C27H46O2Si/c1-9-21-24(28)17-23-20-11-10-18-16-19(29-30(7,8)25(2,3)4)12-14-26(18,5)22(20)13-15-27(21,23)6/h9-10,19-20,22-24,28H,11-17H2,1-8H3/b21-9-/t19-,20?,22?,23?,24?,26-,27+/m0/s1. The quantitative estimate of drug-likeness (QED) is 0.369. The lowest BCUT2D eigenvalue weighted by molar-refractivity contribution is -0.0264. The third kappa shape index (κ3) is 3.33. The van der Waals surface area contributed by atoms with Gasteiger partial charge in [-0.2, -0.15) is 0 Å². The van der Waals surface area contributed by atoms with Gasteiger partial charge in [0.2, 0.25) is 0 Å². The summed E-state index contributed by atoms with van der Waals surface area (Å²) in [6, 6.07) is 0. The normalized spacial score (nSPS) is 45.6. The van der Waals surface area contributed by atoms with Crippen LogP contribution in [0.15, 0.2) is 23.3 Å².